The Balaban J connectivity index is 1.75. The van der Waals surface area contributed by atoms with Gasteiger partial charge in [0.05, 0.1) is 12.6 Å². The van der Waals surface area contributed by atoms with Gasteiger partial charge in [0.2, 0.25) is 5.91 Å². The largest absolute Gasteiger partial charge is 0.493 e. The average Bonchev–Trinajstić information content (AvgIpc) is 2.62. The number of hydrogen-bond acceptors (Lipinski definition) is 3. The Morgan fingerprint density at radius 2 is 1.92 bits per heavy atom. The molecule has 5 nitrogen and oxygen atoms in total. The van der Waals surface area contributed by atoms with Gasteiger partial charge in [0.25, 0.3) is 5.91 Å². The van der Waals surface area contributed by atoms with Crippen molar-refractivity contribution in [2.75, 3.05) is 11.9 Å². The van der Waals surface area contributed by atoms with E-state index in [1.54, 1.807) is 24.3 Å². The van der Waals surface area contributed by atoms with Crippen LogP contribution in [0.15, 0.2) is 49.1 Å². The van der Waals surface area contributed by atoms with Crippen molar-refractivity contribution in [2.24, 2.45) is 0 Å². The molecule has 1 aliphatic heterocycles. The summed E-state index contributed by atoms with van der Waals surface area (Å²) in [5.41, 5.74) is 4.42. The molecule has 0 aromatic heterocycles. The highest BCUT2D eigenvalue weighted by Gasteiger charge is 2.25. The molecule has 26 heavy (non-hydrogen) atoms. The number of rotatable bonds is 4. The second kappa shape index (κ2) is 7.44. The maximum absolute atomic E-state index is 12.6. The summed E-state index contributed by atoms with van der Waals surface area (Å²) in [6.45, 7) is 8.05. The molecular weight excluding hydrogens is 328 g/mol. The maximum Gasteiger partial charge on any atom is 0.251 e. The van der Waals surface area contributed by atoms with Crippen molar-refractivity contribution in [3.63, 3.8) is 0 Å². The van der Waals surface area contributed by atoms with Crippen LogP contribution in [0.2, 0.25) is 0 Å². The van der Waals surface area contributed by atoms with Crippen LogP contribution >= 0.6 is 0 Å². The van der Waals surface area contributed by atoms with Gasteiger partial charge in [-0.05, 0) is 49.8 Å². The van der Waals surface area contributed by atoms with Crippen LogP contribution in [0.3, 0.4) is 0 Å². The average molecular weight is 350 g/mol. The lowest BCUT2D eigenvalue weighted by molar-refractivity contribution is -0.111. The summed E-state index contributed by atoms with van der Waals surface area (Å²) in [7, 11) is 0. The quantitative estimate of drug-likeness (QED) is 0.827. The highest BCUT2D eigenvalue weighted by atomic mass is 16.5. The summed E-state index contributed by atoms with van der Waals surface area (Å²) in [5.74, 6) is 0.435. The van der Waals surface area contributed by atoms with Gasteiger partial charge >= 0.3 is 0 Å². The van der Waals surface area contributed by atoms with E-state index in [9.17, 15) is 9.59 Å². The number of amides is 2. The molecule has 1 aliphatic rings. The van der Waals surface area contributed by atoms with Crippen LogP contribution in [-0.2, 0) is 4.79 Å². The molecule has 0 radical (unpaired) electrons. The third-order valence-electron chi connectivity index (χ3n) is 4.38. The summed E-state index contributed by atoms with van der Waals surface area (Å²) in [5, 5.41) is 5.75. The Kier molecular flexibility index (Phi) is 5.07. The van der Waals surface area contributed by atoms with Crippen molar-refractivity contribution in [2.45, 2.75) is 26.3 Å². The van der Waals surface area contributed by atoms with Gasteiger partial charge in [0, 0.05) is 23.2 Å². The Bertz CT molecular complexity index is 856. The van der Waals surface area contributed by atoms with E-state index in [0.29, 0.717) is 17.9 Å². The minimum Gasteiger partial charge on any atom is -0.493 e. The van der Waals surface area contributed by atoms with E-state index < -0.39 is 0 Å². The van der Waals surface area contributed by atoms with Crippen molar-refractivity contribution < 1.29 is 14.3 Å². The van der Waals surface area contributed by atoms with E-state index >= 15 is 0 Å². The van der Waals surface area contributed by atoms with E-state index in [-0.39, 0.29) is 17.9 Å². The van der Waals surface area contributed by atoms with Gasteiger partial charge in [-0.25, -0.2) is 0 Å². The van der Waals surface area contributed by atoms with Crippen LogP contribution < -0.4 is 15.4 Å². The van der Waals surface area contributed by atoms with Crippen LogP contribution in [0.25, 0.3) is 0 Å². The highest BCUT2D eigenvalue weighted by molar-refractivity contribution is 5.99. The smallest absolute Gasteiger partial charge is 0.251 e. The summed E-state index contributed by atoms with van der Waals surface area (Å²) in [4.78, 5) is 23.9. The van der Waals surface area contributed by atoms with Gasteiger partial charge in [-0.15, -0.1) is 0 Å². The summed E-state index contributed by atoms with van der Waals surface area (Å²) in [6.07, 6.45) is 1.93. The lowest BCUT2D eigenvalue weighted by atomic mass is 9.95. The van der Waals surface area contributed by atoms with Crippen LogP contribution in [0.4, 0.5) is 5.69 Å². The van der Waals surface area contributed by atoms with E-state index in [1.807, 2.05) is 13.8 Å². The van der Waals surface area contributed by atoms with E-state index in [0.717, 1.165) is 28.9 Å². The molecule has 0 unspecified atom stereocenters. The highest BCUT2D eigenvalue weighted by Crippen LogP contribution is 2.35. The van der Waals surface area contributed by atoms with E-state index in [4.69, 9.17) is 4.74 Å². The van der Waals surface area contributed by atoms with E-state index in [2.05, 4.69) is 29.3 Å². The number of carbonyl (C=O) groups is 2. The second-order valence-corrected chi connectivity index (χ2v) is 6.43. The number of anilines is 1. The number of fused-ring (bicyclic) bond motifs is 1. The molecule has 1 atom stereocenters. The number of aryl methyl sites for hydroxylation is 2. The predicted molar refractivity (Wildman–Crippen MR) is 102 cm³/mol. The van der Waals surface area contributed by atoms with Crippen LogP contribution in [-0.4, -0.2) is 18.4 Å². The van der Waals surface area contributed by atoms with Crippen LogP contribution in [0.5, 0.6) is 5.75 Å². The van der Waals surface area contributed by atoms with Gasteiger partial charge in [0.1, 0.15) is 5.75 Å². The van der Waals surface area contributed by atoms with Gasteiger partial charge in [-0.1, -0.05) is 24.3 Å². The molecule has 2 amide bonds. The minimum absolute atomic E-state index is 0.0787. The Hall–Kier alpha value is -3.08. The van der Waals surface area contributed by atoms with Crippen molar-refractivity contribution >= 4 is 17.5 Å². The SMILES string of the molecule is C=CC(=O)Nc1ccc(C(=O)N[C@@H]2CCOc3c(C)cc(C)cc32)cc1. The standard InChI is InChI=1S/C21H22N2O3/c1-4-19(24)22-16-7-5-15(6-8-16)21(25)23-18-9-10-26-20-14(3)11-13(2)12-17(18)20/h4-8,11-12,18H,1,9-10H2,2-3H3,(H,22,24)(H,23,25)/t18-/m1/s1. The van der Waals surface area contributed by atoms with Gasteiger partial charge < -0.3 is 15.4 Å². The molecule has 0 saturated carbocycles. The minimum atomic E-state index is -0.285. The van der Waals surface area contributed by atoms with Crippen molar-refractivity contribution in [1.82, 2.24) is 5.32 Å². The first-order chi connectivity index (χ1) is 12.5. The normalized spacial score (nSPS) is 15.4. The van der Waals surface area contributed by atoms with Crippen LogP contribution in [0.1, 0.15) is 39.5 Å². The molecule has 2 aromatic carbocycles. The first kappa shape index (κ1) is 17.7. The third-order valence-corrected chi connectivity index (χ3v) is 4.38. The fraction of sp³-hybridized carbons (Fsp3) is 0.238. The first-order valence-corrected chi connectivity index (χ1v) is 8.56. The molecule has 0 saturated heterocycles. The maximum atomic E-state index is 12.6. The van der Waals surface area contributed by atoms with Crippen molar-refractivity contribution in [3.8, 4) is 5.75 Å². The zero-order valence-corrected chi connectivity index (χ0v) is 15.0. The monoisotopic (exact) mass is 350 g/mol. The summed E-state index contributed by atoms with van der Waals surface area (Å²) < 4.78 is 5.79. The lowest BCUT2D eigenvalue weighted by Crippen LogP contribution is -2.32. The Morgan fingerprint density at radius 3 is 2.62 bits per heavy atom. The molecule has 2 aromatic rings. The van der Waals surface area contributed by atoms with Gasteiger partial charge in [-0.2, -0.15) is 0 Å². The third kappa shape index (κ3) is 3.77. The molecule has 0 fully saturated rings. The molecule has 0 aliphatic carbocycles. The number of nitrogens with one attached hydrogen (secondary N) is 2. The topological polar surface area (TPSA) is 67.4 Å². The summed E-state index contributed by atoms with van der Waals surface area (Å²) >= 11 is 0. The fourth-order valence-electron chi connectivity index (χ4n) is 3.17. The second-order valence-electron chi connectivity index (χ2n) is 6.43. The zero-order chi connectivity index (χ0) is 18.7. The molecule has 0 spiro atoms. The lowest BCUT2D eigenvalue weighted by Gasteiger charge is -2.28. The Morgan fingerprint density at radius 1 is 1.19 bits per heavy atom. The Labute approximate surface area is 153 Å². The van der Waals surface area contributed by atoms with E-state index in [1.165, 1.54) is 6.08 Å². The summed E-state index contributed by atoms with van der Waals surface area (Å²) in [6, 6.07) is 10.8. The molecule has 134 valence electrons. The van der Waals surface area contributed by atoms with Gasteiger partial charge in [-0.3, -0.25) is 9.59 Å². The van der Waals surface area contributed by atoms with Gasteiger partial charge in [0.15, 0.2) is 0 Å². The van der Waals surface area contributed by atoms with Crippen molar-refractivity contribution in [3.05, 3.63) is 71.3 Å². The predicted octanol–water partition coefficient (Wildman–Crippen LogP) is 3.68. The number of carbonyl (C=O) groups excluding carboxylic acids is 2. The molecule has 3 rings (SSSR count). The molecule has 0 bridgehead atoms. The number of benzene rings is 2. The molecule has 1 heterocycles. The zero-order valence-electron chi connectivity index (χ0n) is 15.0. The first-order valence-electron chi connectivity index (χ1n) is 8.56. The number of hydrogen-bond donors (Lipinski definition) is 2. The molecule has 2 N–H and O–H groups in total. The van der Waals surface area contributed by atoms with Crippen LogP contribution in [0, 0.1) is 13.8 Å². The number of ether oxygens (including phenoxy) is 1. The fourth-order valence-corrected chi connectivity index (χ4v) is 3.17. The molecule has 5 heteroatoms. The van der Waals surface area contributed by atoms with Crippen molar-refractivity contribution in [1.29, 1.82) is 0 Å². The molecular formula is C21H22N2O3.